The number of nitrogens with one attached hydrogen (secondary N) is 1. The SMILES string of the molecule is CC(C)CNC(=O)[C@H](C)N(Cc1ccccc1F)C(=O)CCCN1C(=O)c2ccccc2C1=O. The molecule has 1 N–H and O–H groups in total. The normalized spacial score (nSPS) is 13.7. The average Bonchev–Trinajstić information content (AvgIpc) is 3.06. The number of carbonyl (C=O) groups excluding carboxylic acids is 4. The second kappa shape index (κ2) is 11.0. The minimum atomic E-state index is -0.815. The van der Waals surface area contributed by atoms with E-state index in [4.69, 9.17) is 0 Å². The van der Waals surface area contributed by atoms with Gasteiger partial charge in [0.2, 0.25) is 11.8 Å². The minimum Gasteiger partial charge on any atom is -0.354 e. The van der Waals surface area contributed by atoms with Crippen molar-refractivity contribution >= 4 is 23.6 Å². The molecule has 0 fully saturated rings. The van der Waals surface area contributed by atoms with Gasteiger partial charge in [0.1, 0.15) is 11.9 Å². The molecule has 0 spiro atoms. The lowest BCUT2D eigenvalue weighted by Crippen LogP contribution is -2.48. The van der Waals surface area contributed by atoms with Crippen molar-refractivity contribution in [2.24, 2.45) is 5.92 Å². The van der Waals surface area contributed by atoms with Crippen LogP contribution >= 0.6 is 0 Å². The summed E-state index contributed by atoms with van der Waals surface area (Å²) < 4.78 is 14.3. The molecule has 2 aromatic rings. The number of hydrogen-bond donors (Lipinski definition) is 1. The van der Waals surface area contributed by atoms with E-state index >= 15 is 0 Å². The number of imide groups is 1. The van der Waals surface area contributed by atoms with Crippen LogP contribution in [-0.2, 0) is 16.1 Å². The topological polar surface area (TPSA) is 86.8 Å². The maximum Gasteiger partial charge on any atom is 0.261 e. The van der Waals surface area contributed by atoms with Crippen LogP contribution in [0.15, 0.2) is 48.5 Å². The largest absolute Gasteiger partial charge is 0.354 e. The van der Waals surface area contributed by atoms with Gasteiger partial charge in [-0.25, -0.2) is 4.39 Å². The van der Waals surface area contributed by atoms with Gasteiger partial charge in [0, 0.05) is 31.6 Å². The highest BCUT2D eigenvalue weighted by atomic mass is 19.1. The van der Waals surface area contributed by atoms with E-state index in [1.54, 1.807) is 49.4 Å². The number of halogens is 1. The Kier molecular flexibility index (Phi) is 8.15. The quantitative estimate of drug-likeness (QED) is 0.543. The van der Waals surface area contributed by atoms with E-state index in [1.807, 2.05) is 13.8 Å². The summed E-state index contributed by atoms with van der Waals surface area (Å²) in [5.74, 6) is -1.64. The predicted octanol–water partition coefficient (Wildman–Crippen LogP) is 3.39. The van der Waals surface area contributed by atoms with Crippen molar-refractivity contribution in [1.29, 1.82) is 0 Å². The molecule has 1 atom stereocenters. The standard InChI is InChI=1S/C26H30FN3O4/c1-17(2)15-28-24(32)18(3)30(16-19-9-4-7-12-22(19)27)23(31)13-8-14-29-25(33)20-10-5-6-11-21(20)26(29)34/h4-7,9-12,17-18H,8,13-16H2,1-3H3,(H,28,32)/t18-/m0/s1. The van der Waals surface area contributed by atoms with Crippen LogP contribution < -0.4 is 5.32 Å². The average molecular weight is 468 g/mol. The molecule has 1 aliphatic heterocycles. The van der Waals surface area contributed by atoms with Gasteiger partial charge in [-0.1, -0.05) is 44.2 Å². The summed E-state index contributed by atoms with van der Waals surface area (Å²) in [6.45, 7) is 6.02. The zero-order chi connectivity index (χ0) is 24.8. The van der Waals surface area contributed by atoms with Crippen LogP contribution in [0.2, 0.25) is 0 Å². The summed E-state index contributed by atoms with van der Waals surface area (Å²) in [6.07, 6.45) is 0.238. The molecule has 8 heteroatoms. The van der Waals surface area contributed by atoms with Gasteiger partial charge < -0.3 is 10.2 Å². The zero-order valence-corrected chi connectivity index (χ0v) is 19.7. The van der Waals surface area contributed by atoms with Gasteiger partial charge in [0.25, 0.3) is 11.8 Å². The monoisotopic (exact) mass is 467 g/mol. The lowest BCUT2D eigenvalue weighted by molar-refractivity contribution is -0.140. The van der Waals surface area contributed by atoms with Crippen LogP contribution in [-0.4, -0.2) is 52.6 Å². The smallest absolute Gasteiger partial charge is 0.261 e. The molecule has 0 aliphatic carbocycles. The number of nitrogens with zero attached hydrogens (tertiary/aromatic N) is 2. The maximum absolute atomic E-state index is 14.3. The van der Waals surface area contributed by atoms with Crippen molar-refractivity contribution in [3.05, 3.63) is 71.0 Å². The first kappa shape index (κ1) is 25.1. The van der Waals surface area contributed by atoms with Crippen molar-refractivity contribution in [2.45, 2.75) is 46.2 Å². The number of hydrogen-bond acceptors (Lipinski definition) is 4. The van der Waals surface area contributed by atoms with E-state index in [1.165, 1.54) is 11.0 Å². The second-order valence-corrected chi connectivity index (χ2v) is 8.84. The van der Waals surface area contributed by atoms with E-state index < -0.39 is 11.9 Å². The van der Waals surface area contributed by atoms with E-state index in [0.717, 1.165) is 4.90 Å². The molecule has 0 bridgehead atoms. The van der Waals surface area contributed by atoms with E-state index in [0.29, 0.717) is 23.2 Å². The number of amides is 4. The van der Waals surface area contributed by atoms with Crippen LogP contribution in [0.3, 0.4) is 0 Å². The van der Waals surface area contributed by atoms with Crippen molar-refractivity contribution < 1.29 is 23.6 Å². The third-order valence-electron chi connectivity index (χ3n) is 5.80. The third kappa shape index (κ3) is 5.68. The van der Waals surface area contributed by atoms with Crippen LogP contribution in [0, 0.1) is 11.7 Å². The fourth-order valence-corrected chi connectivity index (χ4v) is 3.82. The molecule has 7 nitrogen and oxygen atoms in total. The van der Waals surface area contributed by atoms with Crippen LogP contribution in [0.1, 0.15) is 59.9 Å². The first-order valence-electron chi connectivity index (χ1n) is 11.5. The Morgan fingerprint density at radius 3 is 2.15 bits per heavy atom. The molecule has 0 unspecified atom stereocenters. The predicted molar refractivity (Wildman–Crippen MR) is 125 cm³/mol. The van der Waals surface area contributed by atoms with Crippen LogP contribution in [0.5, 0.6) is 0 Å². The van der Waals surface area contributed by atoms with Gasteiger partial charge in [-0.2, -0.15) is 0 Å². The Hall–Kier alpha value is -3.55. The zero-order valence-electron chi connectivity index (χ0n) is 19.7. The Bertz CT molecular complexity index is 1050. The van der Waals surface area contributed by atoms with Gasteiger partial charge >= 0.3 is 0 Å². The van der Waals surface area contributed by atoms with Gasteiger partial charge in [0.15, 0.2) is 0 Å². The van der Waals surface area contributed by atoms with Crippen molar-refractivity contribution in [1.82, 2.24) is 15.1 Å². The minimum absolute atomic E-state index is 0.00363. The van der Waals surface area contributed by atoms with Crippen LogP contribution in [0.25, 0.3) is 0 Å². The molecular formula is C26H30FN3O4. The van der Waals surface area contributed by atoms with Crippen molar-refractivity contribution in [2.75, 3.05) is 13.1 Å². The van der Waals surface area contributed by atoms with Gasteiger partial charge in [-0.05, 0) is 37.5 Å². The molecule has 0 aromatic heterocycles. The molecule has 180 valence electrons. The molecule has 1 heterocycles. The summed E-state index contributed by atoms with van der Waals surface area (Å²) in [5.41, 5.74) is 1.02. The van der Waals surface area contributed by atoms with Crippen molar-refractivity contribution in [3.63, 3.8) is 0 Å². The molecule has 3 rings (SSSR count). The summed E-state index contributed by atoms with van der Waals surface area (Å²) in [6, 6.07) is 11.9. The summed E-state index contributed by atoms with van der Waals surface area (Å²) in [7, 11) is 0. The lowest BCUT2D eigenvalue weighted by Gasteiger charge is -2.29. The van der Waals surface area contributed by atoms with Gasteiger partial charge in [0.05, 0.1) is 11.1 Å². The van der Waals surface area contributed by atoms with E-state index in [9.17, 15) is 23.6 Å². The highest BCUT2D eigenvalue weighted by Gasteiger charge is 2.35. The Morgan fingerprint density at radius 1 is 0.971 bits per heavy atom. The fraction of sp³-hybridized carbons (Fsp3) is 0.385. The van der Waals surface area contributed by atoms with Gasteiger partial charge in [-0.3, -0.25) is 24.1 Å². The fourth-order valence-electron chi connectivity index (χ4n) is 3.82. The Balaban J connectivity index is 1.67. The number of rotatable bonds is 10. The Labute approximate surface area is 198 Å². The van der Waals surface area contributed by atoms with Crippen LogP contribution in [0.4, 0.5) is 4.39 Å². The first-order valence-corrected chi connectivity index (χ1v) is 11.5. The summed E-state index contributed by atoms with van der Waals surface area (Å²) >= 11 is 0. The number of carbonyl (C=O) groups is 4. The molecule has 4 amide bonds. The number of benzene rings is 2. The second-order valence-electron chi connectivity index (χ2n) is 8.84. The highest BCUT2D eigenvalue weighted by Crippen LogP contribution is 2.23. The highest BCUT2D eigenvalue weighted by molar-refractivity contribution is 6.21. The molecule has 34 heavy (non-hydrogen) atoms. The molecule has 0 saturated carbocycles. The molecule has 2 aromatic carbocycles. The lowest BCUT2D eigenvalue weighted by atomic mass is 10.1. The van der Waals surface area contributed by atoms with Gasteiger partial charge in [-0.15, -0.1) is 0 Å². The summed E-state index contributed by atoms with van der Waals surface area (Å²) in [4.78, 5) is 53.4. The summed E-state index contributed by atoms with van der Waals surface area (Å²) in [5, 5.41) is 2.82. The molecule has 0 saturated heterocycles. The molecule has 1 aliphatic rings. The third-order valence-corrected chi connectivity index (χ3v) is 5.80. The first-order chi connectivity index (χ1) is 16.2. The Morgan fingerprint density at radius 2 is 1.56 bits per heavy atom. The van der Waals surface area contributed by atoms with Crippen molar-refractivity contribution in [3.8, 4) is 0 Å². The van der Waals surface area contributed by atoms with E-state index in [2.05, 4.69) is 5.32 Å². The van der Waals surface area contributed by atoms with E-state index in [-0.39, 0.29) is 55.5 Å². The molecule has 0 radical (unpaired) electrons. The molecular weight excluding hydrogens is 437 g/mol. The number of fused-ring (bicyclic) bond motifs is 1. The maximum atomic E-state index is 14.3.